The van der Waals surface area contributed by atoms with Crippen molar-refractivity contribution < 1.29 is 19.2 Å². The van der Waals surface area contributed by atoms with Crippen LogP contribution in [0.25, 0.3) is 0 Å². The molecule has 2 aromatic carbocycles. The van der Waals surface area contributed by atoms with Crippen molar-refractivity contribution in [2.45, 2.75) is 19.3 Å². The summed E-state index contributed by atoms with van der Waals surface area (Å²) in [6, 6.07) is 9.65. The van der Waals surface area contributed by atoms with Gasteiger partial charge in [0.1, 0.15) is 0 Å². The first-order valence-electron chi connectivity index (χ1n) is 8.75. The van der Waals surface area contributed by atoms with Gasteiger partial charge < -0.3 is 5.32 Å². The lowest BCUT2D eigenvalue weighted by Crippen LogP contribution is -2.25. The highest BCUT2D eigenvalue weighted by atomic mass is 35.5. The molecule has 0 unspecified atom stereocenters. The number of anilines is 1. The highest BCUT2D eigenvalue weighted by molar-refractivity contribution is 6.31. The molecule has 0 atom stereocenters. The number of carbonyl (C=O) groups is 4. The Hall–Kier alpha value is -2.50. The number of hydrogen-bond acceptors (Lipinski definition) is 4. The molecule has 2 aromatic rings. The third-order valence-corrected chi connectivity index (χ3v) is 5.08. The van der Waals surface area contributed by atoms with Gasteiger partial charge in [0.2, 0.25) is 5.91 Å². The van der Waals surface area contributed by atoms with E-state index in [1.165, 1.54) is 6.07 Å². The summed E-state index contributed by atoms with van der Waals surface area (Å²) in [6.45, 7) is 0. The Kier molecular flexibility index (Phi) is 6.27. The Morgan fingerprint density at radius 2 is 1.57 bits per heavy atom. The van der Waals surface area contributed by atoms with Crippen LogP contribution in [0.2, 0.25) is 0 Å². The van der Waals surface area contributed by atoms with Gasteiger partial charge in [-0.2, -0.15) is 0 Å². The van der Waals surface area contributed by atoms with Gasteiger partial charge in [-0.1, -0.05) is 30.3 Å². The van der Waals surface area contributed by atoms with Crippen molar-refractivity contribution in [2.75, 3.05) is 17.1 Å². The lowest BCUT2D eigenvalue weighted by Gasteiger charge is -2.22. The van der Waals surface area contributed by atoms with E-state index in [0.29, 0.717) is 23.4 Å². The smallest absolute Gasteiger partial charge is 0.224 e. The Bertz CT molecular complexity index is 984. The minimum absolute atomic E-state index is 0.0506. The molecular formula is C21H17Cl2NO4. The second-order valence-electron chi connectivity index (χ2n) is 6.42. The van der Waals surface area contributed by atoms with E-state index in [0.717, 1.165) is 0 Å². The molecule has 0 aliphatic heterocycles. The molecule has 0 radical (unpaired) electrons. The van der Waals surface area contributed by atoms with E-state index in [4.69, 9.17) is 23.2 Å². The molecule has 1 amide bonds. The fourth-order valence-corrected chi connectivity index (χ4v) is 3.44. The van der Waals surface area contributed by atoms with Crippen LogP contribution in [0.4, 0.5) is 5.69 Å². The van der Waals surface area contributed by atoms with Gasteiger partial charge in [0, 0.05) is 35.4 Å². The van der Waals surface area contributed by atoms with Crippen molar-refractivity contribution in [3.05, 3.63) is 64.2 Å². The number of alkyl halides is 2. The summed E-state index contributed by atoms with van der Waals surface area (Å²) < 4.78 is 0. The largest absolute Gasteiger partial charge is 0.325 e. The highest BCUT2D eigenvalue weighted by Crippen LogP contribution is 2.34. The molecule has 1 aliphatic carbocycles. The number of halogens is 2. The fraction of sp³-hybridized carbons (Fsp3) is 0.238. The molecule has 5 nitrogen and oxygen atoms in total. The molecule has 0 saturated heterocycles. The molecule has 1 N–H and O–H groups in total. The minimum atomic E-state index is -0.363. The first-order chi connectivity index (χ1) is 13.5. The van der Waals surface area contributed by atoms with E-state index >= 15 is 0 Å². The van der Waals surface area contributed by atoms with Crippen molar-refractivity contribution in [1.29, 1.82) is 0 Å². The fourth-order valence-electron chi connectivity index (χ4n) is 3.21. The number of benzene rings is 2. The van der Waals surface area contributed by atoms with Gasteiger partial charge in [-0.15, -0.1) is 23.2 Å². The quantitative estimate of drug-likeness (QED) is 0.593. The van der Waals surface area contributed by atoms with Gasteiger partial charge in [-0.25, -0.2) is 0 Å². The molecular weight excluding hydrogens is 401 g/mol. The van der Waals surface area contributed by atoms with E-state index in [-0.39, 0.29) is 64.4 Å². The number of hydrogen-bond donors (Lipinski definition) is 1. The van der Waals surface area contributed by atoms with E-state index in [1.807, 2.05) is 0 Å². The summed E-state index contributed by atoms with van der Waals surface area (Å²) in [5.74, 6) is -1.12. The van der Waals surface area contributed by atoms with Gasteiger partial charge in [0.15, 0.2) is 17.3 Å². The lowest BCUT2D eigenvalue weighted by atomic mass is 9.81. The van der Waals surface area contributed by atoms with Crippen LogP contribution in [0.15, 0.2) is 36.4 Å². The predicted octanol–water partition coefficient (Wildman–Crippen LogP) is 3.77. The van der Waals surface area contributed by atoms with E-state index < -0.39 is 0 Å². The molecule has 1 aliphatic rings. The molecule has 0 aromatic heterocycles. The molecule has 0 spiro atoms. The molecule has 0 heterocycles. The molecule has 144 valence electrons. The van der Waals surface area contributed by atoms with Crippen LogP contribution in [0.5, 0.6) is 0 Å². The maximum atomic E-state index is 13.1. The zero-order valence-electron chi connectivity index (χ0n) is 14.9. The number of ketones is 3. The zero-order valence-corrected chi connectivity index (χ0v) is 16.4. The highest BCUT2D eigenvalue weighted by Gasteiger charge is 2.33. The van der Waals surface area contributed by atoms with Crippen LogP contribution >= 0.6 is 23.2 Å². The summed E-state index contributed by atoms with van der Waals surface area (Å²) in [6.07, 6.45) is 0.577. The maximum Gasteiger partial charge on any atom is 0.224 e. The molecule has 0 saturated carbocycles. The topological polar surface area (TPSA) is 80.3 Å². The van der Waals surface area contributed by atoms with Crippen LogP contribution in [0.3, 0.4) is 0 Å². The number of carbonyl (C=O) groups excluding carboxylic acids is 4. The van der Waals surface area contributed by atoms with Crippen molar-refractivity contribution in [2.24, 2.45) is 0 Å². The molecule has 0 fully saturated rings. The molecule has 28 heavy (non-hydrogen) atoms. The maximum absolute atomic E-state index is 13.1. The molecule has 7 heteroatoms. The zero-order chi connectivity index (χ0) is 20.3. The van der Waals surface area contributed by atoms with Crippen LogP contribution in [-0.4, -0.2) is 35.0 Å². The number of Topliss-reactive ketones (excluding diaryl/α,β-unsaturated/α-hetero) is 1. The van der Waals surface area contributed by atoms with Crippen LogP contribution in [-0.2, 0) is 16.0 Å². The van der Waals surface area contributed by atoms with Crippen LogP contribution in [0, 0.1) is 0 Å². The second kappa shape index (κ2) is 8.67. The average Bonchev–Trinajstić information content (AvgIpc) is 2.71. The minimum Gasteiger partial charge on any atom is -0.325 e. The van der Waals surface area contributed by atoms with Crippen molar-refractivity contribution in [3.8, 4) is 0 Å². The third kappa shape index (κ3) is 3.86. The van der Waals surface area contributed by atoms with Crippen LogP contribution in [0.1, 0.15) is 50.2 Å². The standard InChI is InChI=1S/C21H17Cl2NO4/c22-9-3-6-17(26)24-19-12(10-13(25)11-23)7-8-16-18(19)21(28)15-5-2-1-4-14(15)20(16)27/h1-2,4-5,7-8H,3,6,9-11H2,(H,24,26). The SMILES string of the molecule is O=C(CCl)Cc1ccc2c(c1NC(=O)CCCCl)C(=O)c1ccccc1C2=O. The Balaban J connectivity index is 2.13. The Labute approximate surface area is 172 Å². The van der Waals surface area contributed by atoms with Crippen LogP contribution < -0.4 is 5.32 Å². The first-order valence-corrected chi connectivity index (χ1v) is 9.82. The van der Waals surface area contributed by atoms with E-state index in [2.05, 4.69) is 5.32 Å². The lowest BCUT2D eigenvalue weighted by molar-refractivity contribution is -0.117. The van der Waals surface area contributed by atoms with Gasteiger partial charge in [0.05, 0.1) is 17.1 Å². The summed E-state index contributed by atoms with van der Waals surface area (Å²) in [5, 5.41) is 2.72. The molecule has 3 rings (SSSR count). The van der Waals surface area contributed by atoms with Gasteiger partial charge >= 0.3 is 0 Å². The third-order valence-electron chi connectivity index (χ3n) is 4.52. The summed E-state index contributed by atoms with van der Waals surface area (Å²) >= 11 is 11.3. The summed E-state index contributed by atoms with van der Waals surface area (Å²) in [7, 11) is 0. The summed E-state index contributed by atoms with van der Waals surface area (Å²) in [4.78, 5) is 50.2. The van der Waals surface area contributed by atoms with Gasteiger partial charge in [0.25, 0.3) is 0 Å². The second-order valence-corrected chi connectivity index (χ2v) is 7.06. The van der Waals surface area contributed by atoms with E-state index in [1.54, 1.807) is 30.3 Å². The number of nitrogens with one attached hydrogen (secondary N) is 1. The average molecular weight is 418 g/mol. The Morgan fingerprint density at radius 1 is 0.893 bits per heavy atom. The van der Waals surface area contributed by atoms with Gasteiger partial charge in [-0.05, 0) is 18.1 Å². The normalized spacial score (nSPS) is 12.4. The first kappa shape index (κ1) is 20.2. The van der Waals surface area contributed by atoms with Crippen molar-refractivity contribution in [3.63, 3.8) is 0 Å². The van der Waals surface area contributed by atoms with Crippen molar-refractivity contribution in [1.82, 2.24) is 0 Å². The molecule has 0 bridgehead atoms. The number of fused-ring (bicyclic) bond motifs is 2. The van der Waals surface area contributed by atoms with Crippen molar-refractivity contribution >= 4 is 52.1 Å². The predicted molar refractivity (Wildman–Crippen MR) is 108 cm³/mol. The number of amides is 1. The number of rotatable bonds is 7. The summed E-state index contributed by atoms with van der Waals surface area (Å²) in [5.41, 5.74) is 1.56. The monoisotopic (exact) mass is 417 g/mol. The Morgan fingerprint density at radius 3 is 2.21 bits per heavy atom. The van der Waals surface area contributed by atoms with E-state index in [9.17, 15) is 19.2 Å². The van der Waals surface area contributed by atoms with Gasteiger partial charge in [-0.3, -0.25) is 19.2 Å².